The molecule has 0 unspecified atom stereocenters. The molecule has 7 heteroatoms. The molecule has 3 aromatic rings. The maximum Gasteiger partial charge on any atom is 0.266 e. The van der Waals surface area contributed by atoms with Gasteiger partial charge in [0.15, 0.2) is 11.5 Å². The Morgan fingerprint density at radius 3 is 2.20 bits per heavy atom. The number of rotatable bonds is 5. The van der Waals surface area contributed by atoms with Gasteiger partial charge in [0.25, 0.3) is 5.91 Å². The Bertz CT molecular complexity index is 1110. The number of nitrogens with zero attached hydrogens (tertiary/aromatic N) is 5. The number of hydrogen-bond acceptors (Lipinski definition) is 6. The lowest BCUT2D eigenvalue weighted by Crippen LogP contribution is -2.41. The van der Waals surface area contributed by atoms with Gasteiger partial charge in [-0.25, -0.2) is 15.0 Å². The van der Waals surface area contributed by atoms with Crippen molar-refractivity contribution in [3.63, 3.8) is 0 Å². The molecule has 0 bridgehead atoms. The lowest BCUT2D eigenvalue weighted by molar-refractivity contribution is -0.129. The second-order valence-electron chi connectivity index (χ2n) is 7.30. The van der Waals surface area contributed by atoms with Crippen molar-refractivity contribution in [2.75, 3.05) is 7.05 Å². The third-order valence-electron chi connectivity index (χ3n) is 5.49. The highest BCUT2D eigenvalue weighted by molar-refractivity contribution is 6.09. The van der Waals surface area contributed by atoms with Gasteiger partial charge in [0.05, 0.1) is 0 Å². The van der Waals surface area contributed by atoms with E-state index in [9.17, 15) is 4.79 Å². The zero-order valence-corrected chi connectivity index (χ0v) is 17.3. The number of carbonyl (C=O) groups is 1. The molecule has 0 spiro atoms. The number of pyridine rings is 1. The van der Waals surface area contributed by atoms with Gasteiger partial charge < -0.3 is 5.73 Å². The Kier molecular flexibility index (Phi) is 5.03. The second-order valence-corrected chi connectivity index (χ2v) is 7.30. The topological polar surface area (TPSA) is 97.4 Å². The van der Waals surface area contributed by atoms with Gasteiger partial charge in [-0.1, -0.05) is 32.0 Å². The van der Waals surface area contributed by atoms with Crippen LogP contribution < -0.4 is 5.73 Å². The summed E-state index contributed by atoms with van der Waals surface area (Å²) in [5.74, 6) is 0.0122. The van der Waals surface area contributed by atoms with E-state index in [0.29, 0.717) is 0 Å². The summed E-state index contributed by atoms with van der Waals surface area (Å²) in [7, 11) is 1.65. The number of nitrogens with two attached hydrogens (primary N) is 1. The van der Waals surface area contributed by atoms with Crippen LogP contribution in [0.25, 0.3) is 11.1 Å². The van der Waals surface area contributed by atoms with Crippen molar-refractivity contribution >= 4 is 11.9 Å². The Balaban J connectivity index is 1.97. The molecule has 1 aromatic carbocycles. The number of guanidine groups is 1. The molecular weight excluding hydrogens is 376 g/mol. The molecule has 0 aliphatic carbocycles. The van der Waals surface area contributed by atoms with Gasteiger partial charge in [0.2, 0.25) is 0 Å². The zero-order valence-electron chi connectivity index (χ0n) is 17.3. The summed E-state index contributed by atoms with van der Waals surface area (Å²) in [5, 5.41) is 0. The average Bonchev–Trinajstić information content (AvgIpc) is 3.04. The number of aromatic nitrogens is 3. The molecular formula is C23H24N6O. The first-order chi connectivity index (χ1) is 14.5. The van der Waals surface area contributed by atoms with Crippen LogP contribution in [0.1, 0.15) is 36.4 Å². The van der Waals surface area contributed by atoms with Crippen molar-refractivity contribution in [2.24, 2.45) is 10.7 Å². The summed E-state index contributed by atoms with van der Waals surface area (Å²) in [5.41, 5.74) is 10.0. The summed E-state index contributed by atoms with van der Waals surface area (Å²) < 4.78 is 0. The summed E-state index contributed by atoms with van der Waals surface area (Å²) in [4.78, 5) is 32.6. The number of aliphatic imine (C=N–C) groups is 1. The summed E-state index contributed by atoms with van der Waals surface area (Å²) in [6, 6.07) is 11.7. The van der Waals surface area contributed by atoms with Gasteiger partial charge in [0, 0.05) is 36.4 Å². The normalized spacial score (nSPS) is 18.6. The van der Waals surface area contributed by atoms with Crippen LogP contribution in [-0.4, -0.2) is 38.8 Å². The van der Waals surface area contributed by atoms with Crippen LogP contribution in [0.3, 0.4) is 0 Å². The maximum absolute atomic E-state index is 13.6. The highest BCUT2D eigenvalue weighted by Gasteiger charge is 2.49. The van der Waals surface area contributed by atoms with Gasteiger partial charge in [-0.05, 0) is 47.7 Å². The van der Waals surface area contributed by atoms with Crippen LogP contribution in [0.15, 0.2) is 60.1 Å². The van der Waals surface area contributed by atoms with Crippen molar-refractivity contribution in [1.82, 2.24) is 19.9 Å². The lowest BCUT2D eigenvalue weighted by Gasteiger charge is -2.27. The van der Waals surface area contributed by atoms with Crippen LogP contribution in [0.4, 0.5) is 0 Å². The van der Waals surface area contributed by atoms with Crippen LogP contribution >= 0.6 is 0 Å². The van der Waals surface area contributed by atoms with E-state index in [0.717, 1.165) is 46.5 Å². The molecule has 3 heterocycles. The average molecular weight is 400 g/mol. The molecule has 0 saturated heterocycles. The molecule has 30 heavy (non-hydrogen) atoms. The minimum Gasteiger partial charge on any atom is -0.369 e. The monoisotopic (exact) mass is 400 g/mol. The van der Waals surface area contributed by atoms with E-state index in [-0.39, 0.29) is 11.9 Å². The van der Waals surface area contributed by atoms with E-state index in [1.807, 2.05) is 36.4 Å². The molecule has 0 radical (unpaired) electrons. The molecule has 7 nitrogen and oxygen atoms in total. The fraction of sp³-hybridized carbons (Fsp3) is 0.261. The number of benzene rings is 1. The molecule has 152 valence electrons. The Morgan fingerprint density at radius 1 is 0.967 bits per heavy atom. The Hall–Kier alpha value is -3.61. The van der Waals surface area contributed by atoms with Crippen molar-refractivity contribution in [2.45, 2.75) is 32.2 Å². The van der Waals surface area contributed by atoms with E-state index < -0.39 is 5.54 Å². The highest BCUT2D eigenvalue weighted by atomic mass is 16.2. The number of likely N-dealkylation sites (N-methyl/N-ethyl adjacent to an activating group) is 1. The fourth-order valence-electron chi connectivity index (χ4n) is 3.78. The van der Waals surface area contributed by atoms with E-state index in [1.54, 1.807) is 19.4 Å². The van der Waals surface area contributed by atoms with Crippen LogP contribution in [0, 0.1) is 0 Å². The molecule has 4 rings (SSSR count). The molecule has 2 aromatic heterocycles. The smallest absolute Gasteiger partial charge is 0.266 e. The largest absolute Gasteiger partial charge is 0.369 e. The number of amides is 1. The van der Waals surface area contributed by atoms with Gasteiger partial charge >= 0.3 is 0 Å². The first-order valence-electron chi connectivity index (χ1n) is 9.99. The van der Waals surface area contributed by atoms with Crippen molar-refractivity contribution in [1.29, 1.82) is 0 Å². The highest BCUT2D eigenvalue weighted by Crippen LogP contribution is 2.41. The fourth-order valence-corrected chi connectivity index (χ4v) is 3.78. The van der Waals surface area contributed by atoms with Gasteiger partial charge in [-0.2, -0.15) is 0 Å². The van der Waals surface area contributed by atoms with Crippen molar-refractivity contribution in [3.05, 3.63) is 77.6 Å². The minimum atomic E-state index is -1.25. The Labute approximate surface area is 175 Å². The first kappa shape index (κ1) is 19.7. The zero-order chi connectivity index (χ0) is 21.3. The van der Waals surface area contributed by atoms with Crippen molar-refractivity contribution < 1.29 is 4.79 Å². The standard InChI is InChI=1S/C23H24N6O/c1-4-19-10-18(11-20(5-2)27-19)23(21(30)29(3)22(24)28-23)17-8-6-7-15(9-17)16-12-25-14-26-13-16/h6-14H,4-5H2,1-3H3,(H2,24,28)/t23-/m0/s1. The molecule has 1 amide bonds. The maximum atomic E-state index is 13.6. The molecule has 0 saturated carbocycles. The molecule has 1 aliphatic rings. The molecule has 2 N–H and O–H groups in total. The van der Waals surface area contributed by atoms with Crippen LogP contribution in [0.2, 0.25) is 0 Å². The molecule has 0 fully saturated rings. The predicted molar refractivity (Wildman–Crippen MR) is 116 cm³/mol. The second kappa shape index (κ2) is 7.67. The number of carbonyl (C=O) groups excluding carboxylic acids is 1. The third kappa shape index (κ3) is 3.12. The van der Waals surface area contributed by atoms with Gasteiger partial charge in [-0.3, -0.25) is 14.7 Å². The summed E-state index contributed by atoms with van der Waals surface area (Å²) in [6.45, 7) is 4.10. The van der Waals surface area contributed by atoms with E-state index in [4.69, 9.17) is 10.7 Å². The number of aryl methyl sites for hydroxylation is 2. The molecule has 1 aliphatic heterocycles. The minimum absolute atomic E-state index is 0.184. The van der Waals surface area contributed by atoms with Crippen molar-refractivity contribution in [3.8, 4) is 11.1 Å². The van der Waals surface area contributed by atoms with Gasteiger partial charge in [-0.15, -0.1) is 0 Å². The van der Waals surface area contributed by atoms with Crippen LogP contribution in [0.5, 0.6) is 0 Å². The predicted octanol–water partition coefficient (Wildman–Crippen LogP) is 2.69. The van der Waals surface area contributed by atoms with Gasteiger partial charge in [0.1, 0.15) is 6.33 Å². The van der Waals surface area contributed by atoms with E-state index in [2.05, 4.69) is 28.8 Å². The van der Waals surface area contributed by atoms with E-state index in [1.165, 1.54) is 11.2 Å². The Morgan fingerprint density at radius 2 is 1.63 bits per heavy atom. The van der Waals surface area contributed by atoms with Crippen LogP contribution in [-0.2, 0) is 23.2 Å². The summed E-state index contributed by atoms with van der Waals surface area (Å²) in [6.07, 6.45) is 6.51. The van der Waals surface area contributed by atoms with E-state index >= 15 is 0 Å². The lowest BCUT2D eigenvalue weighted by atomic mass is 9.81. The SMILES string of the molecule is CCc1cc([C@]2(c3cccc(-c4cncnc4)c3)N=C(N)N(C)C2=O)cc(CC)n1. The third-order valence-corrected chi connectivity index (χ3v) is 5.49. The quantitative estimate of drug-likeness (QED) is 0.710. The molecule has 1 atom stereocenters. The number of hydrogen-bond donors (Lipinski definition) is 1. The first-order valence-corrected chi connectivity index (χ1v) is 9.99. The summed E-state index contributed by atoms with van der Waals surface area (Å²) >= 11 is 0.